The molecule has 160 valence electrons. The SMILES string of the molecule is CC(=O)Nc1ccc(O)c(-c2cncc(Nc3cccc(OCCNC(=O)O)c3)n2)c1. The van der Waals surface area contributed by atoms with Crippen molar-refractivity contribution < 1.29 is 24.5 Å². The number of nitrogens with zero attached hydrogens (tertiary/aromatic N) is 2. The van der Waals surface area contributed by atoms with Gasteiger partial charge in [0.05, 0.1) is 24.6 Å². The predicted octanol–water partition coefficient (Wildman–Crippen LogP) is 3.20. The summed E-state index contributed by atoms with van der Waals surface area (Å²) in [5.41, 5.74) is 2.06. The van der Waals surface area contributed by atoms with Gasteiger partial charge in [0.1, 0.15) is 23.9 Å². The molecule has 2 amide bonds. The summed E-state index contributed by atoms with van der Waals surface area (Å²) in [4.78, 5) is 30.4. The highest BCUT2D eigenvalue weighted by atomic mass is 16.5. The molecule has 1 aromatic heterocycles. The number of aromatic nitrogens is 2. The van der Waals surface area contributed by atoms with Gasteiger partial charge in [-0.15, -0.1) is 0 Å². The molecule has 5 N–H and O–H groups in total. The van der Waals surface area contributed by atoms with E-state index in [0.29, 0.717) is 34.2 Å². The van der Waals surface area contributed by atoms with E-state index in [1.165, 1.54) is 25.4 Å². The minimum absolute atomic E-state index is 0.00548. The van der Waals surface area contributed by atoms with E-state index < -0.39 is 6.09 Å². The number of carboxylic acid groups (broad SMARTS) is 1. The molecule has 31 heavy (non-hydrogen) atoms. The second-order valence-electron chi connectivity index (χ2n) is 6.44. The number of phenolic OH excluding ortho intramolecular Hbond substituents is 1. The van der Waals surface area contributed by atoms with Crippen molar-refractivity contribution in [2.45, 2.75) is 6.92 Å². The van der Waals surface area contributed by atoms with Crippen LogP contribution < -0.4 is 20.7 Å². The number of hydrogen-bond donors (Lipinski definition) is 5. The monoisotopic (exact) mass is 423 g/mol. The van der Waals surface area contributed by atoms with Crippen molar-refractivity contribution in [2.75, 3.05) is 23.8 Å². The third-order valence-corrected chi connectivity index (χ3v) is 3.98. The van der Waals surface area contributed by atoms with Gasteiger partial charge in [-0.05, 0) is 30.3 Å². The minimum atomic E-state index is -1.11. The Kier molecular flexibility index (Phi) is 6.84. The average molecular weight is 423 g/mol. The van der Waals surface area contributed by atoms with Gasteiger partial charge in [-0.3, -0.25) is 9.78 Å². The van der Waals surface area contributed by atoms with Crippen LogP contribution in [0.2, 0.25) is 0 Å². The number of anilines is 3. The van der Waals surface area contributed by atoms with Crippen LogP contribution in [0.15, 0.2) is 54.9 Å². The van der Waals surface area contributed by atoms with Crippen molar-refractivity contribution in [3.63, 3.8) is 0 Å². The molecule has 0 bridgehead atoms. The van der Waals surface area contributed by atoms with Crippen molar-refractivity contribution in [3.05, 3.63) is 54.9 Å². The summed E-state index contributed by atoms with van der Waals surface area (Å²) in [5, 5.41) is 26.8. The lowest BCUT2D eigenvalue weighted by atomic mass is 10.1. The molecule has 0 aliphatic rings. The molecule has 0 aliphatic carbocycles. The Bertz CT molecular complexity index is 1090. The van der Waals surface area contributed by atoms with E-state index in [9.17, 15) is 14.7 Å². The minimum Gasteiger partial charge on any atom is -0.507 e. The van der Waals surface area contributed by atoms with Crippen molar-refractivity contribution in [3.8, 4) is 22.8 Å². The summed E-state index contributed by atoms with van der Waals surface area (Å²) in [5.74, 6) is 0.776. The Morgan fingerprint density at radius 2 is 1.94 bits per heavy atom. The molecular formula is C21H21N5O5. The summed E-state index contributed by atoms with van der Waals surface area (Å²) in [6, 6.07) is 11.8. The van der Waals surface area contributed by atoms with E-state index in [1.807, 2.05) is 6.07 Å². The first-order valence-corrected chi connectivity index (χ1v) is 9.30. The van der Waals surface area contributed by atoms with Gasteiger partial charge in [0, 0.05) is 29.9 Å². The smallest absolute Gasteiger partial charge is 0.404 e. The summed E-state index contributed by atoms with van der Waals surface area (Å²) in [7, 11) is 0. The summed E-state index contributed by atoms with van der Waals surface area (Å²) >= 11 is 0. The van der Waals surface area contributed by atoms with Gasteiger partial charge in [0.2, 0.25) is 5.91 Å². The van der Waals surface area contributed by atoms with Gasteiger partial charge in [-0.2, -0.15) is 0 Å². The molecule has 0 saturated carbocycles. The molecule has 10 heteroatoms. The molecule has 1 heterocycles. The fraction of sp³-hybridized carbons (Fsp3) is 0.143. The van der Waals surface area contributed by atoms with E-state index in [0.717, 1.165) is 0 Å². The fourth-order valence-electron chi connectivity index (χ4n) is 2.72. The number of nitrogens with one attached hydrogen (secondary N) is 3. The third-order valence-electron chi connectivity index (χ3n) is 3.98. The Morgan fingerprint density at radius 3 is 2.71 bits per heavy atom. The zero-order valence-corrected chi connectivity index (χ0v) is 16.6. The molecule has 2 aromatic carbocycles. The largest absolute Gasteiger partial charge is 0.507 e. The number of benzene rings is 2. The van der Waals surface area contributed by atoms with Gasteiger partial charge in [-0.25, -0.2) is 9.78 Å². The van der Waals surface area contributed by atoms with Crippen molar-refractivity contribution in [1.82, 2.24) is 15.3 Å². The third kappa shape index (κ3) is 6.32. The number of hydrogen-bond acceptors (Lipinski definition) is 7. The standard InChI is InChI=1S/C21H21N5O5/c1-13(27)24-15-5-6-19(28)17(10-15)18-11-22-12-20(26-18)25-14-3-2-4-16(9-14)31-8-7-23-21(29)30/h2-6,9-12,23,28H,7-8H2,1H3,(H,24,27)(H,25,26)(H,29,30). The number of rotatable bonds is 8. The van der Waals surface area contributed by atoms with E-state index in [4.69, 9.17) is 9.84 Å². The quantitative estimate of drug-likeness (QED) is 0.274. The van der Waals surface area contributed by atoms with Gasteiger partial charge < -0.3 is 30.9 Å². The number of phenols is 1. The lowest BCUT2D eigenvalue weighted by Crippen LogP contribution is -2.26. The second-order valence-corrected chi connectivity index (χ2v) is 6.44. The van der Waals surface area contributed by atoms with Crippen molar-refractivity contribution in [2.24, 2.45) is 0 Å². The van der Waals surface area contributed by atoms with Crippen LogP contribution in [0.25, 0.3) is 11.3 Å². The van der Waals surface area contributed by atoms with Crippen LogP contribution in [0.5, 0.6) is 11.5 Å². The highest BCUT2D eigenvalue weighted by Crippen LogP contribution is 2.31. The topological polar surface area (TPSA) is 146 Å². The molecule has 0 aliphatic heterocycles. The number of ether oxygens (including phenoxy) is 1. The molecule has 0 radical (unpaired) electrons. The summed E-state index contributed by atoms with van der Waals surface area (Å²) < 4.78 is 5.52. The van der Waals surface area contributed by atoms with E-state index in [1.54, 1.807) is 30.3 Å². The van der Waals surface area contributed by atoms with Crippen LogP contribution in [0, 0.1) is 0 Å². The normalized spacial score (nSPS) is 10.2. The van der Waals surface area contributed by atoms with Gasteiger partial charge in [0.25, 0.3) is 0 Å². The molecule has 10 nitrogen and oxygen atoms in total. The van der Waals surface area contributed by atoms with Crippen LogP contribution in [0.4, 0.5) is 22.0 Å². The molecule has 0 atom stereocenters. The van der Waals surface area contributed by atoms with Crippen LogP contribution in [0.3, 0.4) is 0 Å². The average Bonchev–Trinajstić information content (AvgIpc) is 2.73. The van der Waals surface area contributed by atoms with E-state index in [2.05, 4.69) is 25.9 Å². The first-order valence-electron chi connectivity index (χ1n) is 9.30. The van der Waals surface area contributed by atoms with Gasteiger partial charge in [-0.1, -0.05) is 6.07 Å². The lowest BCUT2D eigenvalue weighted by Gasteiger charge is -2.11. The number of aromatic hydroxyl groups is 1. The molecule has 0 spiro atoms. The maximum absolute atomic E-state index is 11.3. The Labute approximate surface area is 177 Å². The molecule has 0 unspecified atom stereocenters. The van der Waals surface area contributed by atoms with Gasteiger partial charge >= 0.3 is 6.09 Å². The summed E-state index contributed by atoms with van der Waals surface area (Å²) in [6.07, 6.45) is 1.93. The zero-order valence-electron chi connectivity index (χ0n) is 16.6. The molecule has 3 rings (SSSR count). The van der Waals surface area contributed by atoms with Gasteiger partial charge in [0.15, 0.2) is 0 Å². The molecular weight excluding hydrogens is 402 g/mol. The zero-order chi connectivity index (χ0) is 22.2. The molecule has 3 aromatic rings. The van der Waals surface area contributed by atoms with E-state index >= 15 is 0 Å². The highest BCUT2D eigenvalue weighted by molar-refractivity contribution is 5.90. The lowest BCUT2D eigenvalue weighted by molar-refractivity contribution is -0.114. The number of carbonyl (C=O) groups excluding carboxylic acids is 1. The second kappa shape index (κ2) is 9.92. The first-order chi connectivity index (χ1) is 14.9. The fourth-order valence-corrected chi connectivity index (χ4v) is 2.72. The van der Waals surface area contributed by atoms with Crippen molar-refractivity contribution >= 4 is 29.2 Å². The first kappa shape index (κ1) is 21.4. The molecule has 0 fully saturated rings. The Balaban J connectivity index is 1.74. The maximum Gasteiger partial charge on any atom is 0.404 e. The van der Waals surface area contributed by atoms with Crippen LogP contribution in [-0.2, 0) is 4.79 Å². The van der Waals surface area contributed by atoms with E-state index in [-0.39, 0.29) is 24.8 Å². The maximum atomic E-state index is 11.3. The van der Waals surface area contributed by atoms with Crippen LogP contribution in [0.1, 0.15) is 6.92 Å². The molecule has 0 saturated heterocycles. The number of amides is 2. The number of carbonyl (C=O) groups is 2. The van der Waals surface area contributed by atoms with Crippen molar-refractivity contribution in [1.29, 1.82) is 0 Å². The van der Waals surface area contributed by atoms with Crippen LogP contribution >= 0.6 is 0 Å². The Hall–Kier alpha value is -4.34. The predicted molar refractivity (Wildman–Crippen MR) is 115 cm³/mol. The highest BCUT2D eigenvalue weighted by Gasteiger charge is 2.10. The summed E-state index contributed by atoms with van der Waals surface area (Å²) in [6.45, 7) is 1.76. The Morgan fingerprint density at radius 1 is 1.10 bits per heavy atom. The van der Waals surface area contributed by atoms with Crippen LogP contribution in [-0.4, -0.2) is 45.3 Å².